The molecule has 0 N–H and O–H groups in total. The molecule has 1 aliphatic rings. The van der Waals surface area contributed by atoms with Gasteiger partial charge in [0.25, 0.3) is 0 Å². The molecule has 12 heavy (non-hydrogen) atoms. The number of methoxy groups -OCH3 is 1. The molecule has 2 nitrogen and oxygen atoms in total. The summed E-state index contributed by atoms with van der Waals surface area (Å²) in [4.78, 5) is 0. The topological polar surface area (TPSA) is 21.8 Å². The summed E-state index contributed by atoms with van der Waals surface area (Å²) in [7, 11) is 1.69. The van der Waals surface area contributed by atoms with Crippen molar-refractivity contribution in [2.24, 2.45) is 0 Å². The van der Waals surface area contributed by atoms with Crippen LogP contribution in [0.3, 0.4) is 0 Å². The highest BCUT2D eigenvalue weighted by Crippen LogP contribution is 2.19. The maximum atomic E-state index is 5.15. The second-order valence-electron chi connectivity index (χ2n) is 3.01. The zero-order valence-corrected chi connectivity index (χ0v) is 7.12. The zero-order valence-electron chi connectivity index (χ0n) is 7.12. The first-order valence-electron chi connectivity index (χ1n) is 4.13. The van der Waals surface area contributed by atoms with Crippen LogP contribution in [0, 0.1) is 0 Å². The lowest BCUT2D eigenvalue weighted by Crippen LogP contribution is -1.93. The molecule has 2 rings (SSSR count). The molecule has 0 radical (unpaired) electrons. The number of hydrogen-bond donors (Lipinski definition) is 0. The molecule has 1 fully saturated rings. The van der Waals surface area contributed by atoms with Crippen LogP contribution in [0.15, 0.2) is 24.3 Å². The van der Waals surface area contributed by atoms with Crippen molar-refractivity contribution in [2.45, 2.75) is 12.5 Å². The van der Waals surface area contributed by atoms with Crippen molar-refractivity contribution in [3.8, 4) is 5.75 Å². The van der Waals surface area contributed by atoms with Gasteiger partial charge >= 0.3 is 0 Å². The van der Waals surface area contributed by atoms with Crippen LogP contribution in [0.2, 0.25) is 0 Å². The van der Waals surface area contributed by atoms with Crippen molar-refractivity contribution in [3.63, 3.8) is 0 Å². The Bertz CT molecular complexity index is 266. The monoisotopic (exact) mass is 164 g/mol. The quantitative estimate of drug-likeness (QED) is 0.633. The molecule has 0 bridgehead atoms. The SMILES string of the molecule is COc1cccc(C[C@H]2CO2)c1. The molecule has 0 spiro atoms. The van der Waals surface area contributed by atoms with Gasteiger partial charge in [0.05, 0.1) is 19.8 Å². The summed E-state index contributed by atoms with van der Waals surface area (Å²) < 4.78 is 10.3. The fourth-order valence-electron chi connectivity index (χ4n) is 1.25. The molecule has 0 saturated carbocycles. The van der Waals surface area contributed by atoms with Crippen molar-refractivity contribution in [1.82, 2.24) is 0 Å². The number of rotatable bonds is 3. The first-order chi connectivity index (χ1) is 5.88. The third-order valence-corrected chi connectivity index (χ3v) is 2.00. The highest BCUT2D eigenvalue weighted by atomic mass is 16.6. The molecule has 0 unspecified atom stereocenters. The average Bonchev–Trinajstić information content (AvgIpc) is 2.89. The van der Waals surface area contributed by atoms with Crippen LogP contribution in [-0.2, 0) is 11.2 Å². The Morgan fingerprint density at radius 2 is 2.42 bits per heavy atom. The highest BCUT2D eigenvalue weighted by molar-refractivity contribution is 5.29. The Hall–Kier alpha value is -1.02. The Kier molecular flexibility index (Phi) is 2.00. The Balaban J connectivity index is 2.08. The minimum absolute atomic E-state index is 0.456. The van der Waals surface area contributed by atoms with Crippen LogP contribution in [0.25, 0.3) is 0 Å². The van der Waals surface area contributed by atoms with Crippen LogP contribution < -0.4 is 4.74 Å². The first kappa shape index (κ1) is 7.62. The molecule has 0 amide bonds. The number of epoxide rings is 1. The van der Waals surface area contributed by atoms with Crippen molar-refractivity contribution >= 4 is 0 Å². The van der Waals surface area contributed by atoms with Gasteiger partial charge in [0, 0.05) is 6.42 Å². The van der Waals surface area contributed by atoms with E-state index in [4.69, 9.17) is 9.47 Å². The van der Waals surface area contributed by atoms with Gasteiger partial charge in [-0.15, -0.1) is 0 Å². The van der Waals surface area contributed by atoms with E-state index in [1.807, 2.05) is 12.1 Å². The van der Waals surface area contributed by atoms with Crippen LogP contribution in [0.4, 0.5) is 0 Å². The number of hydrogen-bond acceptors (Lipinski definition) is 2. The van der Waals surface area contributed by atoms with Crippen molar-refractivity contribution in [3.05, 3.63) is 29.8 Å². The molecule has 1 aliphatic heterocycles. The molecule has 1 heterocycles. The zero-order chi connectivity index (χ0) is 8.39. The molecule has 1 aromatic carbocycles. The van der Waals surface area contributed by atoms with E-state index in [-0.39, 0.29) is 0 Å². The van der Waals surface area contributed by atoms with E-state index in [1.54, 1.807) is 7.11 Å². The lowest BCUT2D eigenvalue weighted by molar-refractivity contribution is 0.404. The van der Waals surface area contributed by atoms with Crippen molar-refractivity contribution in [1.29, 1.82) is 0 Å². The lowest BCUT2D eigenvalue weighted by atomic mass is 10.1. The first-order valence-corrected chi connectivity index (χ1v) is 4.13. The van der Waals surface area contributed by atoms with E-state index < -0.39 is 0 Å². The van der Waals surface area contributed by atoms with E-state index in [2.05, 4.69) is 12.1 Å². The van der Waals surface area contributed by atoms with Gasteiger partial charge in [-0.05, 0) is 17.7 Å². The smallest absolute Gasteiger partial charge is 0.119 e. The predicted molar refractivity (Wildman–Crippen MR) is 46.4 cm³/mol. The Labute approximate surface area is 72.1 Å². The summed E-state index contributed by atoms with van der Waals surface area (Å²) in [6.07, 6.45) is 1.47. The second kappa shape index (κ2) is 3.15. The van der Waals surface area contributed by atoms with Gasteiger partial charge in [0.15, 0.2) is 0 Å². The van der Waals surface area contributed by atoms with Gasteiger partial charge in [-0.25, -0.2) is 0 Å². The normalized spacial score (nSPS) is 20.6. The summed E-state index contributed by atoms with van der Waals surface area (Å²) in [5, 5.41) is 0. The average molecular weight is 164 g/mol. The maximum absolute atomic E-state index is 5.15. The minimum Gasteiger partial charge on any atom is -0.497 e. The molecule has 1 saturated heterocycles. The number of ether oxygens (including phenoxy) is 2. The molecule has 64 valence electrons. The minimum atomic E-state index is 0.456. The van der Waals surface area contributed by atoms with Gasteiger partial charge in [-0.1, -0.05) is 12.1 Å². The fourth-order valence-corrected chi connectivity index (χ4v) is 1.25. The Morgan fingerprint density at radius 3 is 3.08 bits per heavy atom. The third-order valence-electron chi connectivity index (χ3n) is 2.00. The van der Waals surface area contributed by atoms with E-state index in [0.717, 1.165) is 18.8 Å². The van der Waals surface area contributed by atoms with E-state index in [1.165, 1.54) is 5.56 Å². The van der Waals surface area contributed by atoms with E-state index in [0.29, 0.717) is 6.10 Å². The molecular formula is C10H12O2. The summed E-state index contributed by atoms with van der Waals surface area (Å²) in [5.74, 6) is 0.924. The van der Waals surface area contributed by atoms with Gasteiger partial charge in [-0.3, -0.25) is 0 Å². The van der Waals surface area contributed by atoms with E-state index in [9.17, 15) is 0 Å². The van der Waals surface area contributed by atoms with E-state index >= 15 is 0 Å². The van der Waals surface area contributed by atoms with Gasteiger partial charge < -0.3 is 9.47 Å². The fraction of sp³-hybridized carbons (Fsp3) is 0.400. The predicted octanol–water partition coefficient (Wildman–Crippen LogP) is 1.64. The van der Waals surface area contributed by atoms with Gasteiger partial charge in [0.2, 0.25) is 0 Å². The molecule has 0 aromatic heterocycles. The van der Waals surface area contributed by atoms with Crippen molar-refractivity contribution in [2.75, 3.05) is 13.7 Å². The summed E-state index contributed by atoms with van der Waals surface area (Å²) in [6.45, 7) is 0.914. The molecular weight excluding hydrogens is 152 g/mol. The largest absolute Gasteiger partial charge is 0.497 e. The van der Waals surface area contributed by atoms with Crippen LogP contribution >= 0.6 is 0 Å². The standard InChI is InChI=1S/C10H12O2/c1-11-9-4-2-3-8(5-9)6-10-7-12-10/h2-5,10H,6-7H2,1H3/t10-/m0/s1. The van der Waals surface area contributed by atoms with Gasteiger partial charge in [-0.2, -0.15) is 0 Å². The summed E-state index contributed by atoms with van der Waals surface area (Å²) in [5.41, 5.74) is 1.29. The Morgan fingerprint density at radius 1 is 1.58 bits per heavy atom. The van der Waals surface area contributed by atoms with Crippen LogP contribution in [0.1, 0.15) is 5.56 Å². The highest BCUT2D eigenvalue weighted by Gasteiger charge is 2.22. The van der Waals surface area contributed by atoms with Gasteiger partial charge in [0.1, 0.15) is 5.75 Å². The molecule has 2 heteroatoms. The lowest BCUT2D eigenvalue weighted by Gasteiger charge is -2.01. The van der Waals surface area contributed by atoms with Crippen LogP contribution in [-0.4, -0.2) is 19.8 Å². The number of benzene rings is 1. The summed E-state index contributed by atoms with van der Waals surface area (Å²) in [6, 6.07) is 8.12. The summed E-state index contributed by atoms with van der Waals surface area (Å²) >= 11 is 0. The molecule has 1 atom stereocenters. The third kappa shape index (κ3) is 1.77. The second-order valence-corrected chi connectivity index (χ2v) is 3.01. The molecule has 0 aliphatic carbocycles. The molecule has 1 aromatic rings. The van der Waals surface area contributed by atoms with Crippen LogP contribution in [0.5, 0.6) is 5.75 Å². The van der Waals surface area contributed by atoms with Crippen molar-refractivity contribution < 1.29 is 9.47 Å². The maximum Gasteiger partial charge on any atom is 0.119 e.